The molecule has 1 aliphatic heterocycles. The Bertz CT molecular complexity index is 637. The van der Waals surface area contributed by atoms with Crippen molar-refractivity contribution in [2.24, 2.45) is 5.92 Å². The summed E-state index contributed by atoms with van der Waals surface area (Å²) in [5, 5.41) is 0. The van der Waals surface area contributed by atoms with Crippen LogP contribution >= 0.6 is 0 Å². The van der Waals surface area contributed by atoms with E-state index in [1.54, 1.807) is 12.3 Å². The second kappa shape index (κ2) is 6.94. The molecule has 3 heterocycles. The molecule has 0 saturated carbocycles. The number of rotatable bonds is 4. The summed E-state index contributed by atoms with van der Waals surface area (Å²) in [5.41, 5.74) is 1.78. The zero-order valence-corrected chi connectivity index (χ0v) is 13.9. The summed E-state index contributed by atoms with van der Waals surface area (Å²) in [5.74, 6) is 1.83. The molecule has 0 radical (unpaired) electrons. The largest absolute Gasteiger partial charge is 0.337 e. The van der Waals surface area contributed by atoms with Crippen LogP contribution in [0.25, 0.3) is 0 Å². The number of hydrogen-bond donors (Lipinski definition) is 0. The lowest BCUT2D eigenvalue weighted by atomic mass is 9.93. The number of hydrogen-bond acceptors (Lipinski definition) is 3. The zero-order chi connectivity index (χ0) is 16.2. The Morgan fingerprint density at radius 3 is 2.61 bits per heavy atom. The van der Waals surface area contributed by atoms with Gasteiger partial charge in [0.25, 0.3) is 5.91 Å². The lowest BCUT2D eigenvalue weighted by molar-refractivity contribution is 0.0679. The maximum absolute atomic E-state index is 12.4. The lowest BCUT2D eigenvalue weighted by Crippen LogP contribution is -2.39. The smallest absolute Gasteiger partial charge is 0.272 e. The summed E-state index contributed by atoms with van der Waals surface area (Å²) in [7, 11) is 0. The van der Waals surface area contributed by atoms with E-state index in [-0.39, 0.29) is 5.91 Å². The molecule has 0 spiro atoms. The normalized spacial score (nSPS) is 15.8. The van der Waals surface area contributed by atoms with Crippen LogP contribution in [0.1, 0.15) is 41.3 Å². The zero-order valence-electron chi connectivity index (χ0n) is 13.9. The van der Waals surface area contributed by atoms with Crippen molar-refractivity contribution in [3.8, 4) is 0 Å². The molecule has 3 rings (SSSR count). The summed E-state index contributed by atoms with van der Waals surface area (Å²) in [6, 6.07) is 5.49. The third kappa shape index (κ3) is 3.60. The quantitative estimate of drug-likeness (QED) is 0.872. The molecule has 0 aliphatic carbocycles. The van der Waals surface area contributed by atoms with E-state index in [9.17, 15) is 4.79 Å². The Kier molecular flexibility index (Phi) is 4.74. The van der Waals surface area contributed by atoms with E-state index in [4.69, 9.17) is 0 Å². The van der Waals surface area contributed by atoms with Gasteiger partial charge in [-0.25, -0.2) is 4.98 Å². The number of aryl methyl sites for hydroxylation is 2. The highest BCUT2D eigenvalue weighted by Crippen LogP contribution is 2.22. The van der Waals surface area contributed by atoms with Crippen molar-refractivity contribution in [2.45, 2.75) is 39.7 Å². The molecule has 2 aromatic rings. The van der Waals surface area contributed by atoms with Crippen LogP contribution in [0.15, 0.2) is 30.6 Å². The van der Waals surface area contributed by atoms with E-state index in [0.29, 0.717) is 11.6 Å². The van der Waals surface area contributed by atoms with Gasteiger partial charge < -0.3 is 9.47 Å². The molecule has 23 heavy (non-hydrogen) atoms. The van der Waals surface area contributed by atoms with Crippen molar-refractivity contribution in [1.29, 1.82) is 0 Å². The van der Waals surface area contributed by atoms with Crippen molar-refractivity contribution in [2.75, 3.05) is 13.1 Å². The highest BCUT2D eigenvalue weighted by molar-refractivity contribution is 5.92. The van der Waals surface area contributed by atoms with Gasteiger partial charge in [0, 0.05) is 37.7 Å². The molecular weight excluding hydrogens is 288 g/mol. The van der Waals surface area contributed by atoms with Gasteiger partial charge >= 0.3 is 0 Å². The molecule has 0 aromatic carbocycles. The van der Waals surface area contributed by atoms with Gasteiger partial charge in [-0.1, -0.05) is 6.07 Å². The highest BCUT2D eigenvalue weighted by Gasteiger charge is 2.24. The average Bonchev–Trinajstić information content (AvgIpc) is 2.92. The van der Waals surface area contributed by atoms with Crippen molar-refractivity contribution >= 4 is 5.91 Å². The number of nitrogens with zero attached hydrogens (tertiary/aromatic N) is 4. The molecule has 0 unspecified atom stereocenters. The Balaban J connectivity index is 1.50. The van der Waals surface area contributed by atoms with Gasteiger partial charge in [-0.15, -0.1) is 0 Å². The van der Waals surface area contributed by atoms with Crippen LogP contribution in [0.5, 0.6) is 0 Å². The maximum Gasteiger partial charge on any atom is 0.272 e. The Morgan fingerprint density at radius 1 is 1.22 bits per heavy atom. The number of amides is 1. The molecule has 2 aromatic heterocycles. The number of piperidine rings is 1. The maximum atomic E-state index is 12.4. The van der Waals surface area contributed by atoms with Gasteiger partial charge in [0.1, 0.15) is 11.5 Å². The van der Waals surface area contributed by atoms with E-state index in [1.165, 1.54) is 5.69 Å². The van der Waals surface area contributed by atoms with E-state index in [1.807, 2.05) is 23.2 Å². The molecule has 1 aliphatic rings. The predicted molar refractivity (Wildman–Crippen MR) is 89.2 cm³/mol. The lowest BCUT2D eigenvalue weighted by Gasteiger charge is -2.32. The standard InChI is InChI=1S/C18H24N4O/c1-14-13-20-15(2)22(14)12-8-16-6-10-21(11-7-16)18(23)17-5-3-4-9-19-17/h3-5,9,13,16H,6-8,10-12H2,1-2H3. The monoisotopic (exact) mass is 312 g/mol. The van der Waals surface area contributed by atoms with Crippen LogP contribution in [0.4, 0.5) is 0 Å². The first-order valence-electron chi connectivity index (χ1n) is 8.34. The Morgan fingerprint density at radius 2 is 2.00 bits per heavy atom. The summed E-state index contributed by atoms with van der Waals surface area (Å²) in [4.78, 5) is 22.8. The van der Waals surface area contributed by atoms with E-state index < -0.39 is 0 Å². The van der Waals surface area contributed by atoms with Crippen LogP contribution in [-0.2, 0) is 6.54 Å². The third-order valence-corrected chi connectivity index (χ3v) is 4.80. The topological polar surface area (TPSA) is 51.0 Å². The SMILES string of the molecule is Cc1cnc(C)n1CCC1CCN(C(=O)c2ccccn2)CC1. The summed E-state index contributed by atoms with van der Waals surface area (Å²) in [6.45, 7) is 6.86. The second-order valence-electron chi connectivity index (χ2n) is 6.34. The fraction of sp³-hybridized carbons (Fsp3) is 0.500. The van der Waals surface area contributed by atoms with Crippen LogP contribution in [0.3, 0.4) is 0 Å². The van der Waals surface area contributed by atoms with Gasteiger partial charge in [-0.2, -0.15) is 0 Å². The molecule has 1 fully saturated rings. The molecule has 122 valence electrons. The fourth-order valence-electron chi connectivity index (χ4n) is 3.31. The summed E-state index contributed by atoms with van der Waals surface area (Å²) >= 11 is 0. The second-order valence-corrected chi connectivity index (χ2v) is 6.34. The Hall–Kier alpha value is -2.17. The van der Waals surface area contributed by atoms with Gasteiger partial charge in [0.2, 0.25) is 0 Å². The first-order chi connectivity index (χ1) is 11.1. The molecule has 1 saturated heterocycles. The Labute approximate surface area is 137 Å². The number of carbonyl (C=O) groups is 1. The van der Waals surface area contributed by atoms with Crippen molar-refractivity contribution in [1.82, 2.24) is 19.4 Å². The molecule has 1 amide bonds. The van der Waals surface area contributed by atoms with Crippen LogP contribution in [0, 0.1) is 19.8 Å². The van der Waals surface area contributed by atoms with Gasteiger partial charge in [-0.05, 0) is 51.2 Å². The van der Waals surface area contributed by atoms with Crippen molar-refractivity contribution < 1.29 is 4.79 Å². The van der Waals surface area contributed by atoms with E-state index in [2.05, 4.69) is 28.4 Å². The third-order valence-electron chi connectivity index (χ3n) is 4.80. The molecule has 5 nitrogen and oxygen atoms in total. The van der Waals surface area contributed by atoms with E-state index >= 15 is 0 Å². The number of aromatic nitrogens is 3. The molecular formula is C18H24N4O. The summed E-state index contributed by atoms with van der Waals surface area (Å²) < 4.78 is 2.28. The van der Waals surface area contributed by atoms with Crippen LogP contribution in [-0.4, -0.2) is 38.4 Å². The predicted octanol–water partition coefficient (Wildman–Crippen LogP) is 2.84. The summed E-state index contributed by atoms with van der Waals surface area (Å²) in [6.07, 6.45) is 6.92. The minimum Gasteiger partial charge on any atom is -0.337 e. The fourth-order valence-corrected chi connectivity index (χ4v) is 3.31. The minimum atomic E-state index is 0.0605. The van der Waals surface area contributed by atoms with Crippen LogP contribution in [0.2, 0.25) is 0 Å². The molecule has 0 N–H and O–H groups in total. The first kappa shape index (κ1) is 15.7. The van der Waals surface area contributed by atoms with Crippen molar-refractivity contribution in [3.63, 3.8) is 0 Å². The number of carbonyl (C=O) groups excluding carboxylic acids is 1. The number of imidazole rings is 1. The van der Waals surface area contributed by atoms with Gasteiger partial charge in [0.05, 0.1) is 0 Å². The molecule has 0 bridgehead atoms. The first-order valence-corrected chi connectivity index (χ1v) is 8.34. The number of pyridine rings is 1. The van der Waals surface area contributed by atoms with Crippen LogP contribution < -0.4 is 0 Å². The van der Waals surface area contributed by atoms with Crippen molar-refractivity contribution in [3.05, 3.63) is 47.8 Å². The molecule has 5 heteroatoms. The number of likely N-dealkylation sites (tertiary alicyclic amines) is 1. The van der Waals surface area contributed by atoms with Gasteiger partial charge in [0.15, 0.2) is 0 Å². The molecule has 0 atom stereocenters. The minimum absolute atomic E-state index is 0.0605. The average molecular weight is 312 g/mol. The van der Waals surface area contributed by atoms with E-state index in [0.717, 1.165) is 44.7 Å². The highest BCUT2D eigenvalue weighted by atomic mass is 16.2. The van der Waals surface area contributed by atoms with Gasteiger partial charge in [-0.3, -0.25) is 9.78 Å².